The minimum atomic E-state index is -5.39. The minimum absolute atomic E-state index is 0. The van der Waals surface area contributed by atoms with Gasteiger partial charge in [-0.3, -0.25) is 4.57 Å². The van der Waals surface area contributed by atoms with Gasteiger partial charge in [0.05, 0.1) is 0 Å². The first-order chi connectivity index (χ1) is 5.73. The van der Waals surface area contributed by atoms with Gasteiger partial charge >= 0.3 is 190 Å². The number of carboxylic acid groups (broad SMARTS) is 2. The van der Waals surface area contributed by atoms with Crippen LogP contribution in [0, 0.1) is 0 Å². The van der Waals surface area contributed by atoms with Crippen LogP contribution in [0.1, 0.15) is 0 Å². The molecule has 18 heavy (non-hydrogen) atoms. The van der Waals surface area contributed by atoms with E-state index in [0.717, 1.165) is 0 Å². The molecule has 0 aliphatic carbocycles. The van der Waals surface area contributed by atoms with Gasteiger partial charge in [-0.2, -0.15) is 7.82 Å². The van der Waals surface area contributed by atoms with Crippen molar-refractivity contribution < 1.29 is 237 Å². The second-order valence-corrected chi connectivity index (χ2v) is 3.10. The van der Waals surface area contributed by atoms with Gasteiger partial charge in [0.1, 0.15) is 0 Å². The van der Waals surface area contributed by atoms with Gasteiger partial charge in [-0.1, -0.05) is 0 Å². The van der Waals surface area contributed by atoms with E-state index in [4.69, 9.17) is 53.5 Å². The Labute approximate surface area is 252 Å². The molecule has 0 heterocycles. The van der Waals surface area contributed by atoms with E-state index in [1.54, 1.807) is 0 Å². The molecule has 0 aliphatic heterocycles. The van der Waals surface area contributed by atoms with Gasteiger partial charge in [0.25, 0.3) is 7.82 Å². The fourth-order valence-electron chi connectivity index (χ4n) is 0. The zero-order valence-corrected chi connectivity index (χ0v) is 23.2. The first-order valence-corrected chi connectivity index (χ1v) is 5.14. The van der Waals surface area contributed by atoms with Crippen LogP contribution in [-0.4, -0.2) is 26.2 Å². The number of rotatable bonds is 0. The molecule has 0 rings (SSSR count). The van der Waals surface area contributed by atoms with Crippen molar-refractivity contribution >= 4 is 21.8 Å². The van der Waals surface area contributed by atoms with Gasteiger partial charge in [0, 0.05) is 0 Å². The predicted octanol–water partition coefficient (Wildman–Crippen LogP) is -16.1. The largest absolute Gasteiger partial charge is 1.00 e. The Morgan fingerprint density at radius 3 is 0.833 bits per heavy atom. The summed E-state index contributed by atoms with van der Waals surface area (Å²) in [6.07, 6.45) is -1.83. The fourth-order valence-corrected chi connectivity index (χ4v) is 0. The molecular formula is CH4K3NaO11P2. The second kappa shape index (κ2) is 24.6. The monoisotopic (exact) mass is 394 g/mol. The number of hydrogen-bond donors (Lipinski definition) is 4. The number of hydrogen-bond acceptors (Lipinski definition) is 7. The fraction of sp³-hybridized carbons (Fsp3) is 0. The molecule has 0 atom stereocenters. The number of phosphoric acid groups is 2. The van der Waals surface area contributed by atoms with Crippen LogP contribution in [0.3, 0.4) is 0 Å². The van der Waals surface area contributed by atoms with Crippen molar-refractivity contribution in [2.75, 3.05) is 0 Å². The zero-order chi connectivity index (χ0) is 12.6. The maximum absolute atomic E-state index is 8.77. The first kappa shape index (κ1) is 43.7. The van der Waals surface area contributed by atoms with Crippen LogP contribution >= 0.6 is 15.6 Å². The van der Waals surface area contributed by atoms with Gasteiger partial charge in [0.15, 0.2) is 0 Å². The Balaban J connectivity index is -0.0000000183. The third-order valence-electron chi connectivity index (χ3n) is 0. The third kappa shape index (κ3) is 305. The Hall–Kier alpha value is 5.40. The van der Waals surface area contributed by atoms with Crippen LogP contribution < -0.4 is 203 Å². The molecule has 0 aromatic rings. The summed E-state index contributed by atoms with van der Waals surface area (Å²) in [6, 6.07) is 0. The van der Waals surface area contributed by atoms with E-state index >= 15 is 0 Å². The summed E-state index contributed by atoms with van der Waals surface area (Å²) in [5.74, 6) is 0. The summed E-state index contributed by atoms with van der Waals surface area (Å²) in [7, 11) is -10.3. The van der Waals surface area contributed by atoms with Gasteiger partial charge < -0.3 is 44.1 Å². The van der Waals surface area contributed by atoms with E-state index in [1.165, 1.54) is 0 Å². The molecule has 0 radical (unpaired) electrons. The minimum Gasteiger partial charge on any atom is -0.822 e. The van der Waals surface area contributed by atoms with Crippen molar-refractivity contribution in [1.82, 2.24) is 0 Å². The van der Waals surface area contributed by atoms with E-state index < -0.39 is 21.8 Å². The van der Waals surface area contributed by atoms with Gasteiger partial charge in [-0.25, -0.2) is 4.79 Å². The molecule has 0 amide bonds. The maximum atomic E-state index is 8.77. The van der Waals surface area contributed by atoms with Crippen LogP contribution in [0.15, 0.2) is 0 Å². The molecule has 0 aromatic carbocycles. The molecule has 0 fully saturated rings. The summed E-state index contributed by atoms with van der Waals surface area (Å²) in [5.41, 5.74) is 0. The zero-order valence-electron chi connectivity index (χ0n) is 10.0. The normalized spacial score (nSPS) is 7.89. The summed E-state index contributed by atoms with van der Waals surface area (Å²) < 4.78 is 17.3. The molecule has 0 saturated carbocycles. The Bertz CT molecular complexity index is 206. The van der Waals surface area contributed by atoms with Crippen LogP contribution in [0.5, 0.6) is 0 Å². The van der Waals surface area contributed by atoms with E-state index in [0.29, 0.717) is 0 Å². The smallest absolute Gasteiger partial charge is 0.822 e. The van der Waals surface area contributed by atoms with Gasteiger partial charge in [-0.05, 0) is 0 Å². The SMILES string of the molecule is O=C(O)O.O=P([O-])(O)O.O=P([O-])([O-])[O-].[K+].[K+].[K+].[Na+]. The van der Waals surface area contributed by atoms with Crippen molar-refractivity contribution in [3.63, 3.8) is 0 Å². The van der Waals surface area contributed by atoms with Gasteiger partial charge in [-0.15, -0.1) is 0 Å². The predicted molar refractivity (Wildman–Crippen MR) is 30.3 cm³/mol. The van der Waals surface area contributed by atoms with Crippen molar-refractivity contribution in [1.29, 1.82) is 0 Å². The molecule has 0 spiro atoms. The van der Waals surface area contributed by atoms with E-state index in [1.807, 2.05) is 0 Å². The summed E-state index contributed by atoms with van der Waals surface area (Å²) in [4.78, 5) is 57.1. The van der Waals surface area contributed by atoms with Gasteiger partial charge in [0.2, 0.25) is 0 Å². The molecule has 0 saturated heterocycles. The van der Waals surface area contributed by atoms with Crippen LogP contribution in [0.2, 0.25) is 0 Å². The maximum Gasteiger partial charge on any atom is 1.00 e. The van der Waals surface area contributed by atoms with E-state index in [2.05, 4.69) is 0 Å². The molecular weight excluding hydrogens is 390 g/mol. The Morgan fingerprint density at radius 2 is 0.833 bits per heavy atom. The van der Waals surface area contributed by atoms with Crippen molar-refractivity contribution in [3.8, 4) is 0 Å². The van der Waals surface area contributed by atoms with Crippen molar-refractivity contribution in [2.45, 2.75) is 0 Å². The second-order valence-electron chi connectivity index (χ2n) is 1.22. The van der Waals surface area contributed by atoms with E-state index in [-0.39, 0.29) is 184 Å². The Morgan fingerprint density at radius 1 is 0.833 bits per heavy atom. The topological polar surface area (TPSA) is 224 Å². The molecule has 0 aromatic heterocycles. The molecule has 0 bridgehead atoms. The molecule has 0 unspecified atom stereocenters. The first-order valence-electron chi connectivity index (χ1n) is 2.15. The van der Waals surface area contributed by atoms with Crippen molar-refractivity contribution in [2.24, 2.45) is 0 Å². The van der Waals surface area contributed by atoms with Crippen LogP contribution in [0.25, 0.3) is 0 Å². The van der Waals surface area contributed by atoms with Crippen LogP contribution in [0.4, 0.5) is 4.79 Å². The molecule has 0 aliphatic rings. The summed E-state index contributed by atoms with van der Waals surface area (Å²) in [5, 5.41) is 13.9. The molecule has 88 valence electrons. The molecule has 17 heteroatoms. The number of carbonyl (C=O) groups is 1. The van der Waals surface area contributed by atoms with Crippen molar-refractivity contribution in [3.05, 3.63) is 0 Å². The summed E-state index contributed by atoms with van der Waals surface area (Å²) >= 11 is 0. The van der Waals surface area contributed by atoms with Crippen LogP contribution in [-0.2, 0) is 9.13 Å². The average Bonchev–Trinajstić information content (AvgIpc) is 1.45. The quantitative estimate of drug-likeness (QED) is 0.223. The third-order valence-corrected chi connectivity index (χ3v) is 0. The van der Waals surface area contributed by atoms with E-state index in [9.17, 15) is 0 Å². The molecule has 4 N–H and O–H groups in total. The molecule has 11 nitrogen and oxygen atoms in total. The Kier molecular flexibility index (Phi) is 59.8. The standard InChI is InChI=1S/CH2O3.3K.Na.2H3O4P/c2-1(3)4;;;;;2*1-5(2,3)4/h(H2,2,3,4);;;;;2*(H3,1,2,3,4)/q;4*+1;;/p-4. The average molecular weight is 394 g/mol. The summed E-state index contributed by atoms with van der Waals surface area (Å²) in [6.45, 7) is 0.